The van der Waals surface area contributed by atoms with Crippen LogP contribution in [0.2, 0.25) is 5.02 Å². The van der Waals surface area contributed by atoms with E-state index < -0.39 is 6.09 Å². The number of ether oxygens (including phenoxy) is 1. The van der Waals surface area contributed by atoms with Gasteiger partial charge in [-0.2, -0.15) is 0 Å². The van der Waals surface area contributed by atoms with Crippen LogP contribution in [0.4, 0.5) is 10.5 Å². The zero-order valence-electron chi connectivity index (χ0n) is 16.5. The minimum atomic E-state index is -0.617. The van der Waals surface area contributed by atoms with E-state index in [1.54, 1.807) is 4.90 Å². The minimum absolute atomic E-state index is 0.337. The van der Waals surface area contributed by atoms with E-state index in [2.05, 4.69) is 15.9 Å². The van der Waals surface area contributed by atoms with Gasteiger partial charge < -0.3 is 29.6 Å². The van der Waals surface area contributed by atoms with Gasteiger partial charge in [0, 0.05) is 68.7 Å². The molecule has 2 N–H and O–H groups in total. The average molecular weight is 437 g/mol. The van der Waals surface area contributed by atoms with Gasteiger partial charge in [-0.05, 0) is 23.8 Å². The highest BCUT2D eigenvalue weighted by molar-refractivity contribution is 6.30. The van der Waals surface area contributed by atoms with Crippen LogP contribution in [0.1, 0.15) is 5.56 Å². The summed E-state index contributed by atoms with van der Waals surface area (Å²) in [6, 6.07) is 8.47. The van der Waals surface area contributed by atoms with Gasteiger partial charge in [-0.1, -0.05) is 11.6 Å². The lowest BCUT2D eigenvalue weighted by Crippen LogP contribution is -2.50. The van der Waals surface area contributed by atoms with Gasteiger partial charge in [-0.3, -0.25) is 4.90 Å². The number of carbonyl (C=O) groups excluding carboxylic acids is 1. The molecule has 2 aromatic rings. The van der Waals surface area contributed by atoms with Gasteiger partial charge in [-0.15, -0.1) is 4.73 Å². The van der Waals surface area contributed by atoms with Crippen molar-refractivity contribution in [2.45, 2.75) is 6.54 Å². The number of anilines is 1. The van der Waals surface area contributed by atoms with Crippen LogP contribution in [0.25, 0.3) is 0 Å². The third kappa shape index (κ3) is 4.58. The molecule has 0 aliphatic carbocycles. The number of halogens is 1. The molecule has 0 radical (unpaired) electrons. The Morgan fingerprint density at radius 1 is 1.00 bits per heavy atom. The summed E-state index contributed by atoms with van der Waals surface area (Å²) < 4.78 is 6.16. The fourth-order valence-corrected chi connectivity index (χ4v) is 3.95. The number of carbonyl (C=O) groups is 1. The molecule has 0 atom stereocenters. The topological polar surface area (TPSA) is 90.6 Å². The summed E-state index contributed by atoms with van der Waals surface area (Å²) in [5, 5.41) is 19.9. The maximum absolute atomic E-state index is 12.3. The van der Waals surface area contributed by atoms with E-state index in [1.807, 2.05) is 12.1 Å². The minimum Gasteiger partial charge on any atom is -0.492 e. The predicted octanol–water partition coefficient (Wildman–Crippen LogP) is 1.76. The van der Waals surface area contributed by atoms with Crippen LogP contribution in [0.3, 0.4) is 0 Å². The van der Waals surface area contributed by atoms with Crippen LogP contribution in [-0.4, -0.2) is 83.3 Å². The zero-order chi connectivity index (χ0) is 21.1. The third-order valence-corrected chi connectivity index (χ3v) is 5.62. The Hall–Kier alpha value is -2.62. The number of aromatic hydroxyl groups is 2. The third-order valence-electron chi connectivity index (χ3n) is 5.38. The average Bonchev–Trinajstić information content (AvgIpc) is 3.07. The number of aromatic nitrogens is 1. The Morgan fingerprint density at radius 3 is 2.33 bits per heavy atom. The van der Waals surface area contributed by atoms with E-state index >= 15 is 0 Å². The van der Waals surface area contributed by atoms with Gasteiger partial charge in [0.25, 0.3) is 0 Å². The number of nitrogens with zero attached hydrogens (tertiary/aromatic N) is 4. The lowest BCUT2D eigenvalue weighted by atomic mass is 10.1. The van der Waals surface area contributed by atoms with Crippen LogP contribution in [0, 0.1) is 0 Å². The van der Waals surface area contributed by atoms with Crippen molar-refractivity contribution in [3.63, 3.8) is 0 Å². The Labute approximate surface area is 179 Å². The van der Waals surface area contributed by atoms with Gasteiger partial charge in [-0.25, -0.2) is 4.79 Å². The van der Waals surface area contributed by atoms with E-state index in [0.717, 1.165) is 38.4 Å². The fraction of sp³-hybridized carbons (Fsp3) is 0.450. The lowest BCUT2D eigenvalue weighted by molar-refractivity contribution is 0.0555. The Bertz CT molecular complexity index is 872. The van der Waals surface area contributed by atoms with Crippen molar-refractivity contribution >= 4 is 23.4 Å². The van der Waals surface area contributed by atoms with Crippen molar-refractivity contribution in [1.82, 2.24) is 14.5 Å². The molecular weight excluding hydrogens is 412 g/mol. The normalized spacial score (nSPS) is 17.9. The van der Waals surface area contributed by atoms with Crippen LogP contribution in [0.15, 0.2) is 30.3 Å². The molecular formula is C20H25ClN4O5. The first kappa shape index (κ1) is 20.6. The van der Waals surface area contributed by atoms with Crippen LogP contribution in [-0.2, 0) is 11.3 Å². The molecule has 2 saturated heterocycles. The highest BCUT2D eigenvalue weighted by Crippen LogP contribution is 2.27. The molecule has 0 bridgehead atoms. The van der Waals surface area contributed by atoms with Crippen molar-refractivity contribution in [1.29, 1.82) is 0 Å². The van der Waals surface area contributed by atoms with Crippen molar-refractivity contribution in [2.24, 2.45) is 0 Å². The highest BCUT2D eigenvalue weighted by atomic mass is 35.5. The molecule has 2 aliphatic rings. The standard InChI is InChI=1S/C20H25ClN4O5/c21-16-1-2-17(23-9-11-29-12-10-23)15(13-16)14-22-5-7-24(8-6-22)20(28)30-25-18(26)3-4-19(25)27/h1-4,13,26-27H,5-12,14H2. The number of hydrogen-bond acceptors (Lipinski definition) is 7. The molecule has 4 rings (SSSR count). The number of hydrogen-bond donors (Lipinski definition) is 2. The van der Waals surface area contributed by atoms with E-state index in [9.17, 15) is 15.0 Å². The molecule has 2 fully saturated rings. The Morgan fingerprint density at radius 2 is 1.67 bits per heavy atom. The summed E-state index contributed by atoms with van der Waals surface area (Å²) in [6.45, 7) is 6.19. The number of rotatable bonds is 4. The van der Waals surface area contributed by atoms with E-state index in [1.165, 1.54) is 17.8 Å². The number of morpholine rings is 1. The molecule has 9 nitrogen and oxygen atoms in total. The largest absolute Gasteiger partial charge is 0.492 e. The first-order chi connectivity index (χ1) is 14.5. The number of amides is 1. The van der Waals surface area contributed by atoms with Gasteiger partial charge in [0.2, 0.25) is 11.8 Å². The van der Waals surface area contributed by atoms with E-state index in [-0.39, 0.29) is 11.8 Å². The molecule has 2 aliphatic heterocycles. The number of benzene rings is 1. The van der Waals surface area contributed by atoms with Crippen LogP contribution in [0.5, 0.6) is 11.8 Å². The monoisotopic (exact) mass is 436 g/mol. The Balaban J connectivity index is 1.36. The maximum atomic E-state index is 12.3. The van der Waals surface area contributed by atoms with Crippen molar-refractivity contribution in [3.05, 3.63) is 40.9 Å². The fourth-order valence-electron chi connectivity index (χ4n) is 3.75. The maximum Gasteiger partial charge on any atom is 0.434 e. The van der Waals surface area contributed by atoms with Crippen molar-refractivity contribution in [2.75, 3.05) is 57.4 Å². The summed E-state index contributed by atoms with van der Waals surface area (Å²) in [5.41, 5.74) is 2.32. The summed E-state index contributed by atoms with van der Waals surface area (Å²) in [7, 11) is 0. The van der Waals surface area contributed by atoms with Gasteiger partial charge in [0.1, 0.15) is 0 Å². The second-order valence-corrected chi connectivity index (χ2v) is 7.77. The van der Waals surface area contributed by atoms with E-state index in [0.29, 0.717) is 35.9 Å². The summed E-state index contributed by atoms with van der Waals surface area (Å²) >= 11 is 6.26. The summed E-state index contributed by atoms with van der Waals surface area (Å²) in [6.07, 6.45) is -0.617. The first-order valence-electron chi connectivity index (χ1n) is 9.91. The van der Waals surface area contributed by atoms with E-state index in [4.69, 9.17) is 21.2 Å². The van der Waals surface area contributed by atoms with Gasteiger partial charge >= 0.3 is 6.09 Å². The summed E-state index contributed by atoms with van der Waals surface area (Å²) in [4.78, 5) is 23.6. The molecule has 0 unspecified atom stereocenters. The molecule has 0 saturated carbocycles. The molecule has 30 heavy (non-hydrogen) atoms. The van der Waals surface area contributed by atoms with Crippen LogP contribution < -0.4 is 9.74 Å². The summed E-state index contributed by atoms with van der Waals surface area (Å²) in [5.74, 6) is -0.674. The zero-order valence-corrected chi connectivity index (χ0v) is 17.3. The number of piperazine rings is 1. The lowest BCUT2D eigenvalue weighted by Gasteiger charge is -2.35. The molecule has 10 heteroatoms. The quantitative estimate of drug-likeness (QED) is 0.754. The molecule has 0 spiro atoms. The van der Waals surface area contributed by atoms with Crippen molar-refractivity contribution < 1.29 is 24.6 Å². The van der Waals surface area contributed by atoms with Crippen LogP contribution >= 0.6 is 11.6 Å². The predicted molar refractivity (Wildman–Crippen MR) is 111 cm³/mol. The SMILES string of the molecule is O=C(On1c(O)ccc1O)N1CCN(Cc2cc(Cl)ccc2N2CCOCC2)CC1. The molecule has 1 aromatic heterocycles. The van der Waals surface area contributed by atoms with Gasteiger partial charge in [0.05, 0.1) is 13.2 Å². The second kappa shape index (κ2) is 9.03. The second-order valence-electron chi connectivity index (χ2n) is 7.34. The highest BCUT2D eigenvalue weighted by Gasteiger charge is 2.25. The van der Waals surface area contributed by atoms with Gasteiger partial charge in [0.15, 0.2) is 0 Å². The Kier molecular flexibility index (Phi) is 6.21. The van der Waals surface area contributed by atoms with Crippen molar-refractivity contribution in [3.8, 4) is 11.8 Å². The molecule has 3 heterocycles. The molecule has 162 valence electrons. The molecule has 1 aromatic carbocycles. The molecule has 1 amide bonds. The first-order valence-corrected chi connectivity index (χ1v) is 10.3. The smallest absolute Gasteiger partial charge is 0.434 e.